The Balaban J connectivity index is 2.09. The summed E-state index contributed by atoms with van der Waals surface area (Å²) in [5.74, 6) is 0.647. The highest BCUT2D eigenvalue weighted by Gasteiger charge is 2.08. The van der Waals surface area contributed by atoms with E-state index in [1.54, 1.807) is 43.5 Å². The second kappa shape index (κ2) is 6.14. The van der Waals surface area contributed by atoms with E-state index in [9.17, 15) is 4.79 Å². The number of carbonyl (C=O) groups is 1. The molecule has 0 aliphatic heterocycles. The Morgan fingerprint density at radius 2 is 2.05 bits per heavy atom. The van der Waals surface area contributed by atoms with Gasteiger partial charge in [-0.25, -0.2) is 4.98 Å². The molecule has 0 aromatic carbocycles. The molecule has 0 aliphatic carbocycles. The lowest BCUT2D eigenvalue weighted by Crippen LogP contribution is -2.21. The summed E-state index contributed by atoms with van der Waals surface area (Å²) in [5.41, 5.74) is 2.72. The van der Waals surface area contributed by atoms with Gasteiger partial charge in [-0.15, -0.1) is 0 Å². The molecule has 1 amide bonds. The number of amides is 1. The highest BCUT2D eigenvalue weighted by Crippen LogP contribution is 2.11. The molecule has 0 saturated heterocycles. The van der Waals surface area contributed by atoms with Crippen LogP contribution in [0.3, 0.4) is 0 Å². The first-order chi connectivity index (χ1) is 9.58. The summed E-state index contributed by atoms with van der Waals surface area (Å²) in [4.78, 5) is 21.9. The number of rotatable bonds is 4. The third-order valence-electron chi connectivity index (χ3n) is 2.99. The Morgan fingerprint density at radius 1 is 1.25 bits per heavy atom. The molecule has 2 rings (SSSR count). The van der Waals surface area contributed by atoms with Gasteiger partial charge in [-0.1, -0.05) is 6.07 Å². The third kappa shape index (κ3) is 3.32. The van der Waals surface area contributed by atoms with Crippen molar-refractivity contribution in [2.45, 2.75) is 13.5 Å². The number of anilines is 1. The summed E-state index contributed by atoms with van der Waals surface area (Å²) in [6, 6.07) is 7.39. The maximum Gasteiger partial charge on any atom is 0.253 e. The lowest BCUT2D eigenvalue weighted by Gasteiger charge is -2.12. The zero-order valence-electron chi connectivity index (χ0n) is 11.9. The van der Waals surface area contributed by atoms with E-state index >= 15 is 0 Å². The van der Waals surface area contributed by atoms with E-state index in [1.807, 2.05) is 19.1 Å². The van der Waals surface area contributed by atoms with Crippen molar-refractivity contribution in [1.29, 1.82) is 0 Å². The number of pyridine rings is 2. The van der Waals surface area contributed by atoms with Crippen LogP contribution in [0.4, 0.5) is 5.82 Å². The van der Waals surface area contributed by atoms with Crippen LogP contribution in [0.1, 0.15) is 21.6 Å². The van der Waals surface area contributed by atoms with Crippen LogP contribution in [-0.4, -0.2) is 34.9 Å². The zero-order chi connectivity index (χ0) is 14.5. The van der Waals surface area contributed by atoms with E-state index in [0.29, 0.717) is 17.9 Å². The van der Waals surface area contributed by atoms with E-state index in [0.717, 1.165) is 11.3 Å². The molecule has 0 radical (unpaired) electrons. The van der Waals surface area contributed by atoms with Crippen molar-refractivity contribution in [2.24, 2.45) is 0 Å². The van der Waals surface area contributed by atoms with Crippen LogP contribution in [0.25, 0.3) is 0 Å². The highest BCUT2D eigenvalue weighted by atomic mass is 16.2. The minimum atomic E-state index is -0.0343. The lowest BCUT2D eigenvalue weighted by atomic mass is 10.2. The summed E-state index contributed by atoms with van der Waals surface area (Å²) < 4.78 is 0. The number of carbonyl (C=O) groups excluding carboxylic acids is 1. The molecular formula is C15H18N4O. The highest BCUT2D eigenvalue weighted by molar-refractivity contribution is 5.94. The van der Waals surface area contributed by atoms with Gasteiger partial charge >= 0.3 is 0 Å². The van der Waals surface area contributed by atoms with Gasteiger partial charge in [-0.3, -0.25) is 9.78 Å². The fourth-order valence-electron chi connectivity index (χ4n) is 1.81. The largest absolute Gasteiger partial charge is 0.366 e. The van der Waals surface area contributed by atoms with Crippen LogP contribution < -0.4 is 5.32 Å². The van der Waals surface area contributed by atoms with Gasteiger partial charge in [0.05, 0.1) is 0 Å². The molecule has 0 fully saturated rings. The smallest absolute Gasteiger partial charge is 0.253 e. The van der Waals surface area contributed by atoms with E-state index < -0.39 is 0 Å². The average molecular weight is 270 g/mol. The number of aryl methyl sites for hydroxylation is 1. The molecule has 20 heavy (non-hydrogen) atoms. The van der Waals surface area contributed by atoms with Crippen LogP contribution in [0.15, 0.2) is 36.7 Å². The van der Waals surface area contributed by atoms with Crippen LogP contribution in [0.2, 0.25) is 0 Å². The van der Waals surface area contributed by atoms with Gasteiger partial charge in [0.2, 0.25) is 0 Å². The molecule has 0 aliphatic rings. The van der Waals surface area contributed by atoms with Gasteiger partial charge in [-0.05, 0) is 30.7 Å². The minimum Gasteiger partial charge on any atom is -0.366 e. The Labute approximate surface area is 118 Å². The topological polar surface area (TPSA) is 58.1 Å². The quantitative estimate of drug-likeness (QED) is 0.924. The van der Waals surface area contributed by atoms with Gasteiger partial charge in [0.25, 0.3) is 5.91 Å². The van der Waals surface area contributed by atoms with Crippen molar-refractivity contribution in [2.75, 3.05) is 19.4 Å². The normalized spacial score (nSPS) is 10.2. The minimum absolute atomic E-state index is 0.0343. The molecule has 0 atom stereocenters. The first-order valence-electron chi connectivity index (χ1n) is 6.40. The molecule has 2 aromatic heterocycles. The van der Waals surface area contributed by atoms with Crippen molar-refractivity contribution < 1.29 is 4.79 Å². The molecule has 2 heterocycles. The molecule has 104 valence electrons. The van der Waals surface area contributed by atoms with Gasteiger partial charge in [0.1, 0.15) is 5.82 Å². The average Bonchev–Trinajstić information content (AvgIpc) is 2.46. The summed E-state index contributed by atoms with van der Waals surface area (Å²) >= 11 is 0. The van der Waals surface area contributed by atoms with Crippen molar-refractivity contribution >= 4 is 11.7 Å². The van der Waals surface area contributed by atoms with E-state index in [1.165, 1.54) is 0 Å². The van der Waals surface area contributed by atoms with Gasteiger partial charge in [-0.2, -0.15) is 0 Å². The van der Waals surface area contributed by atoms with Crippen LogP contribution >= 0.6 is 0 Å². The summed E-state index contributed by atoms with van der Waals surface area (Å²) in [6.07, 6.45) is 3.41. The summed E-state index contributed by atoms with van der Waals surface area (Å²) in [7, 11) is 3.46. The SMILES string of the molecule is Cc1ncccc1CNc1cc(C(=O)N(C)C)ccn1. The molecule has 5 nitrogen and oxygen atoms in total. The van der Waals surface area contributed by atoms with Crippen molar-refractivity contribution in [3.8, 4) is 0 Å². The fraction of sp³-hybridized carbons (Fsp3) is 0.267. The predicted octanol–water partition coefficient (Wildman–Crippen LogP) is 2.10. The van der Waals surface area contributed by atoms with Crippen molar-refractivity contribution in [3.05, 3.63) is 53.5 Å². The number of hydrogen-bond donors (Lipinski definition) is 1. The number of nitrogens with one attached hydrogen (secondary N) is 1. The number of aromatic nitrogens is 2. The number of hydrogen-bond acceptors (Lipinski definition) is 4. The van der Waals surface area contributed by atoms with E-state index in [-0.39, 0.29) is 5.91 Å². The summed E-state index contributed by atoms with van der Waals surface area (Å²) in [5, 5.41) is 3.21. The molecule has 2 aromatic rings. The Kier molecular flexibility index (Phi) is 4.30. The fourth-order valence-corrected chi connectivity index (χ4v) is 1.81. The molecule has 0 spiro atoms. The molecule has 5 heteroatoms. The molecular weight excluding hydrogens is 252 g/mol. The molecule has 1 N–H and O–H groups in total. The van der Waals surface area contributed by atoms with E-state index in [2.05, 4.69) is 15.3 Å². The Bertz CT molecular complexity index is 610. The summed E-state index contributed by atoms with van der Waals surface area (Å²) in [6.45, 7) is 2.60. The lowest BCUT2D eigenvalue weighted by molar-refractivity contribution is 0.0827. The van der Waals surface area contributed by atoms with Gasteiger partial charge < -0.3 is 10.2 Å². The molecule has 0 saturated carbocycles. The van der Waals surface area contributed by atoms with Gasteiger partial charge in [0, 0.05) is 44.3 Å². The predicted molar refractivity (Wildman–Crippen MR) is 78.6 cm³/mol. The van der Waals surface area contributed by atoms with Gasteiger partial charge in [0.15, 0.2) is 0 Å². The first-order valence-corrected chi connectivity index (χ1v) is 6.40. The van der Waals surface area contributed by atoms with Crippen molar-refractivity contribution in [1.82, 2.24) is 14.9 Å². The van der Waals surface area contributed by atoms with Crippen molar-refractivity contribution in [3.63, 3.8) is 0 Å². The van der Waals surface area contributed by atoms with Crippen LogP contribution in [0, 0.1) is 6.92 Å². The standard InChI is InChI=1S/C15H18N4O/c1-11-13(5-4-7-16-11)10-18-14-9-12(6-8-17-14)15(20)19(2)3/h4-9H,10H2,1-3H3,(H,17,18). The second-order valence-electron chi connectivity index (χ2n) is 4.73. The first kappa shape index (κ1) is 14.0. The molecule has 0 unspecified atom stereocenters. The third-order valence-corrected chi connectivity index (χ3v) is 2.99. The second-order valence-corrected chi connectivity index (χ2v) is 4.73. The Hall–Kier alpha value is -2.43. The van der Waals surface area contributed by atoms with Crippen LogP contribution in [0.5, 0.6) is 0 Å². The Morgan fingerprint density at radius 3 is 2.75 bits per heavy atom. The maximum absolute atomic E-state index is 11.9. The monoisotopic (exact) mass is 270 g/mol. The number of nitrogens with zero attached hydrogens (tertiary/aromatic N) is 3. The maximum atomic E-state index is 11.9. The zero-order valence-corrected chi connectivity index (χ0v) is 11.9. The van der Waals surface area contributed by atoms with Crippen LogP contribution in [-0.2, 0) is 6.54 Å². The van der Waals surface area contributed by atoms with E-state index in [4.69, 9.17) is 0 Å². The molecule has 0 bridgehead atoms.